The number of rotatable bonds is 8. The first-order chi connectivity index (χ1) is 6.20. The number of unbranched alkanes of at least 4 members (excludes halogenated alkanes) is 1. The van der Waals surface area contributed by atoms with Crippen molar-refractivity contribution in [3.05, 3.63) is 12.7 Å². The van der Waals surface area contributed by atoms with Crippen LogP contribution >= 0.6 is 0 Å². The van der Waals surface area contributed by atoms with Crippen LogP contribution in [0.4, 0.5) is 0 Å². The molecule has 1 N–H and O–H groups in total. The van der Waals surface area contributed by atoms with Crippen molar-refractivity contribution in [2.75, 3.05) is 13.6 Å². The van der Waals surface area contributed by atoms with Crippen LogP contribution in [-0.4, -0.2) is 13.6 Å². The summed E-state index contributed by atoms with van der Waals surface area (Å²) in [5.41, 5.74) is 0. The van der Waals surface area contributed by atoms with E-state index in [2.05, 4.69) is 25.7 Å². The third-order valence-electron chi connectivity index (χ3n) is 2.46. The second-order valence-electron chi connectivity index (χ2n) is 4.22. The predicted octanol–water partition coefficient (Wildman–Crippen LogP) is 3.22. The molecule has 2 unspecified atom stereocenters. The van der Waals surface area contributed by atoms with Crippen LogP contribution in [0.3, 0.4) is 0 Å². The van der Waals surface area contributed by atoms with Crippen LogP contribution in [0.5, 0.6) is 0 Å². The lowest BCUT2D eigenvalue weighted by atomic mass is 9.93. The molecule has 0 aromatic heterocycles. The SMILES string of the molecule is C=CCCCC(C)CC(C)CNC. The van der Waals surface area contributed by atoms with Gasteiger partial charge < -0.3 is 5.32 Å². The van der Waals surface area contributed by atoms with Crippen LogP contribution < -0.4 is 5.32 Å². The molecular formula is C12H25N. The predicted molar refractivity (Wildman–Crippen MR) is 60.9 cm³/mol. The van der Waals surface area contributed by atoms with Crippen LogP contribution in [-0.2, 0) is 0 Å². The molecule has 0 rings (SSSR count). The molecule has 0 spiro atoms. The fourth-order valence-corrected chi connectivity index (χ4v) is 1.85. The van der Waals surface area contributed by atoms with E-state index in [9.17, 15) is 0 Å². The van der Waals surface area contributed by atoms with Gasteiger partial charge in [-0.2, -0.15) is 0 Å². The van der Waals surface area contributed by atoms with Crippen LogP contribution in [0.15, 0.2) is 12.7 Å². The summed E-state index contributed by atoms with van der Waals surface area (Å²) in [6.07, 6.45) is 7.18. The van der Waals surface area contributed by atoms with Crippen LogP contribution in [0.25, 0.3) is 0 Å². The molecule has 0 saturated carbocycles. The van der Waals surface area contributed by atoms with Crippen molar-refractivity contribution in [2.24, 2.45) is 11.8 Å². The standard InChI is InChI=1S/C12H25N/c1-5-6-7-8-11(2)9-12(3)10-13-4/h5,11-13H,1,6-10H2,2-4H3. The zero-order valence-electron chi connectivity index (χ0n) is 9.47. The number of allylic oxidation sites excluding steroid dienone is 1. The van der Waals surface area contributed by atoms with Crippen molar-refractivity contribution in [3.8, 4) is 0 Å². The molecule has 0 bridgehead atoms. The molecule has 78 valence electrons. The van der Waals surface area contributed by atoms with Gasteiger partial charge in [-0.3, -0.25) is 0 Å². The van der Waals surface area contributed by atoms with Gasteiger partial charge in [-0.15, -0.1) is 6.58 Å². The third kappa shape index (κ3) is 8.04. The Hall–Kier alpha value is -0.300. The van der Waals surface area contributed by atoms with Crippen molar-refractivity contribution < 1.29 is 0 Å². The zero-order chi connectivity index (χ0) is 10.1. The van der Waals surface area contributed by atoms with Gasteiger partial charge in [0.05, 0.1) is 0 Å². The van der Waals surface area contributed by atoms with E-state index >= 15 is 0 Å². The molecule has 0 saturated heterocycles. The lowest BCUT2D eigenvalue weighted by molar-refractivity contribution is 0.380. The fraction of sp³-hybridized carbons (Fsp3) is 0.833. The molecular weight excluding hydrogens is 158 g/mol. The molecule has 0 amide bonds. The van der Waals surface area contributed by atoms with E-state index in [-0.39, 0.29) is 0 Å². The summed E-state index contributed by atoms with van der Waals surface area (Å²) in [4.78, 5) is 0. The normalized spacial score (nSPS) is 15.3. The molecule has 0 aliphatic carbocycles. The van der Waals surface area contributed by atoms with Gasteiger partial charge in [-0.05, 0) is 44.7 Å². The lowest BCUT2D eigenvalue weighted by Crippen LogP contribution is -2.18. The summed E-state index contributed by atoms with van der Waals surface area (Å²) in [6, 6.07) is 0. The van der Waals surface area contributed by atoms with Gasteiger partial charge in [0.25, 0.3) is 0 Å². The summed E-state index contributed by atoms with van der Waals surface area (Å²) in [7, 11) is 2.03. The maximum absolute atomic E-state index is 3.74. The molecule has 0 aliphatic heterocycles. The first-order valence-corrected chi connectivity index (χ1v) is 5.46. The smallest absolute Gasteiger partial charge is 0.00261 e. The van der Waals surface area contributed by atoms with Crippen molar-refractivity contribution in [1.82, 2.24) is 5.32 Å². The monoisotopic (exact) mass is 183 g/mol. The average molecular weight is 183 g/mol. The van der Waals surface area contributed by atoms with Crippen molar-refractivity contribution >= 4 is 0 Å². The van der Waals surface area contributed by atoms with Crippen LogP contribution in [0, 0.1) is 11.8 Å². The van der Waals surface area contributed by atoms with Crippen molar-refractivity contribution in [3.63, 3.8) is 0 Å². The molecule has 0 fully saturated rings. The van der Waals surface area contributed by atoms with E-state index in [0.29, 0.717) is 0 Å². The zero-order valence-corrected chi connectivity index (χ0v) is 9.47. The lowest BCUT2D eigenvalue weighted by Gasteiger charge is -2.16. The second-order valence-corrected chi connectivity index (χ2v) is 4.22. The molecule has 0 aromatic rings. The summed E-state index contributed by atoms with van der Waals surface area (Å²) in [5.74, 6) is 1.67. The quantitative estimate of drug-likeness (QED) is 0.450. The Morgan fingerprint density at radius 3 is 2.54 bits per heavy atom. The largest absolute Gasteiger partial charge is 0.319 e. The minimum atomic E-state index is 0.809. The van der Waals surface area contributed by atoms with Gasteiger partial charge in [-0.25, -0.2) is 0 Å². The molecule has 0 aromatic carbocycles. The molecule has 0 radical (unpaired) electrons. The van der Waals surface area contributed by atoms with Gasteiger partial charge in [0, 0.05) is 0 Å². The average Bonchev–Trinajstić information content (AvgIpc) is 2.05. The highest BCUT2D eigenvalue weighted by Crippen LogP contribution is 2.17. The van der Waals surface area contributed by atoms with Crippen LogP contribution in [0.2, 0.25) is 0 Å². The molecule has 0 aliphatic rings. The second kappa shape index (κ2) is 8.31. The Morgan fingerprint density at radius 1 is 1.31 bits per heavy atom. The highest BCUT2D eigenvalue weighted by Gasteiger charge is 2.07. The maximum atomic E-state index is 3.74. The minimum absolute atomic E-state index is 0.809. The number of hydrogen-bond acceptors (Lipinski definition) is 1. The number of hydrogen-bond donors (Lipinski definition) is 1. The van der Waals surface area contributed by atoms with Gasteiger partial charge in [0.1, 0.15) is 0 Å². The van der Waals surface area contributed by atoms with E-state index < -0.39 is 0 Å². The van der Waals surface area contributed by atoms with E-state index in [0.717, 1.165) is 18.4 Å². The Labute approximate surface area is 83.6 Å². The molecule has 2 atom stereocenters. The molecule has 1 nitrogen and oxygen atoms in total. The third-order valence-corrected chi connectivity index (χ3v) is 2.46. The summed E-state index contributed by atoms with van der Waals surface area (Å²) < 4.78 is 0. The first kappa shape index (κ1) is 12.7. The summed E-state index contributed by atoms with van der Waals surface area (Å²) in [5, 5.41) is 3.22. The van der Waals surface area contributed by atoms with Crippen LogP contribution in [0.1, 0.15) is 39.5 Å². The minimum Gasteiger partial charge on any atom is -0.319 e. The van der Waals surface area contributed by atoms with Gasteiger partial charge >= 0.3 is 0 Å². The Kier molecular flexibility index (Phi) is 8.11. The highest BCUT2D eigenvalue weighted by molar-refractivity contribution is 4.68. The number of nitrogens with one attached hydrogen (secondary N) is 1. The van der Waals surface area contributed by atoms with Crippen molar-refractivity contribution in [1.29, 1.82) is 0 Å². The van der Waals surface area contributed by atoms with Gasteiger partial charge in [0.2, 0.25) is 0 Å². The van der Waals surface area contributed by atoms with Crippen molar-refractivity contribution in [2.45, 2.75) is 39.5 Å². The van der Waals surface area contributed by atoms with E-state index in [1.807, 2.05) is 13.1 Å². The maximum Gasteiger partial charge on any atom is -0.00261 e. The Morgan fingerprint density at radius 2 is 2.00 bits per heavy atom. The van der Waals surface area contributed by atoms with Gasteiger partial charge in [-0.1, -0.05) is 26.3 Å². The fourth-order valence-electron chi connectivity index (χ4n) is 1.85. The first-order valence-electron chi connectivity index (χ1n) is 5.46. The Balaban J connectivity index is 3.37. The molecule has 1 heteroatoms. The molecule has 13 heavy (non-hydrogen) atoms. The van der Waals surface area contributed by atoms with Gasteiger partial charge in [0.15, 0.2) is 0 Å². The summed E-state index contributed by atoms with van der Waals surface area (Å²) in [6.45, 7) is 9.56. The van der Waals surface area contributed by atoms with E-state index in [4.69, 9.17) is 0 Å². The Bertz CT molecular complexity index is 120. The highest BCUT2D eigenvalue weighted by atomic mass is 14.8. The summed E-state index contributed by atoms with van der Waals surface area (Å²) >= 11 is 0. The van der Waals surface area contributed by atoms with E-state index in [1.165, 1.54) is 25.7 Å². The topological polar surface area (TPSA) is 12.0 Å². The molecule has 0 heterocycles. The van der Waals surface area contributed by atoms with E-state index in [1.54, 1.807) is 0 Å².